The van der Waals surface area contributed by atoms with Gasteiger partial charge in [-0.05, 0) is 30.7 Å². The molecule has 3 nitrogen and oxygen atoms in total. The van der Waals surface area contributed by atoms with Crippen LogP contribution in [0.15, 0.2) is 22.6 Å². The van der Waals surface area contributed by atoms with Crippen molar-refractivity contribution in [3.8, 4) is 5.75 Å². The minimum absolute atomic E-state index is 0.0779. The van der Waals surface area contributed by atoms with Gasteiger partial charge >= 0.3 is 0 Å². The van der Waals surface area contributed by atoms with E-state index in [4.69, 9.17) is 9.15 Å². The van der Waals surface area contributed by atoms with Crippen LogP contribution in [0.2, 0.25) is 0 Å². The van der Waals surface area contributed by atoms with Gasteiger partial charge in [-0.2, -0.15) is 0 Å². The summed E-state index contributed by atoms with van der Waals surface area (Å²) in [6.45, 7) is 3.44. The molecule has 0 bridgehead atoms. The van der Waals surface area contributed by atoms with Gasteiger partial charge in [-0.15, -0.1) is 0 Å². The fourth-order valence-electron chi connectivity index (χ4n) is 1.58. The number of aryl methyl sites for hydroxylation is 1. The zero-order valence-electron chi connectivity index (χ0n) is 8.96. The molecule has 0 atom stereocenters. The lowest BCUT2D eigenvalue weighted by Crippen LogP contribution is -1.86. The van der Waals surface area contributed by atoms with Crippen LogP contribution in [0, 0.1) is 6.92 Å². The summed E-state index contributed by atoms with van der Waals surface area (Å²) in [5, 5.41) is 0.841. The third-order valence-corrected chi connectivity index (χ3v) is 2.31. The summed E-state index contributed by atoms with van der Waals surface area (Å²) in [6, 6.07) is 5.53. The van der Waals surface area contributed by atoms with Gasteiger partial charge in [0.25, 0.3) is 0 Å². The molecule has 0 aliphatic heterocycles. The molecule has 0 saturated heterocycles. The molecule has 0 aliphatic carbocycles. The Morgan fingerprint density at radius 3 is 2.67 bits per heavy atom. The summed E-state index contributed by atoms with van der Waals surface area (Å²) in [6.07, 6.45) is 0. The largest absolute Gasteiger partial charge is 0.496 e. The Morgan fingerprint density at radius 1 is 1.33 bits per heavy atom. The Morgan fingerprint density at radius 2 is 2.07 bits per heavy atom. The topological polar surface area (TPSA) is 39.4 Å². The Kier molecular flexibility index (Phi) is 2.23. The number of benzene rings is 1. The van der Waals surface area contributed by atoms with Crippen LogP contribution < -0.4 is 4.74 Å². The summed E-state index contributed by atoms with van der Waals surface area (Å²) in [4.78, 5) is 11.2. The molecule has 0 radical (unpaired) electrons. The van der Waals surface area contributed by atoms with Crippen LogP contribution in [0.5, 0.6) is 5.75 Å². The molecule has 0 fully saturated rings. The van der Waals surface area contributed by atoms with E-state index in [0.717, 1.165) is 16.7 Å². The predicted molar refractivity (Wildman–Crippen MR) is 57.5 cm³/mol. The average molecular weight is 204 g/mol. The van der Waals surface area contributed by atoms with Crippen LogP contribution in [0.3, 0.4) is 0 Å². The van der Waals surface area contributed by atoms with E-state index in [1.165, 1.54) is 6.92 Å². The van der Waals surface area contributed by atoms with Crippen molar-refractivity contribution in [2.24, 2.45) is 0 Å². The number of furan rings is 1. The van der Waals surface area contributed by atoms with Crippen molar-refractivity contribution in [1.82, 2.24) is 0 Å². The first-order valence-corrected chi connectivity index (χ1v) is 4.71. The van der Waals surface area contributed by atoms with Gasteiger partial charge in [0.2, 0.25) is 0 Å². The van der Waals surface area contributed by atoms with Crippen LogP contribution >= 0.6 is 0 Å². The van der Waals surface area contributed by atoms with E-state index in [9.17, 15) is 4.79 Å². The van der Waals surface area contributed by atoms with Gasteiger partial charge in [-0.1, -0.05) is 0 Å². The number of hydrogen-bond donors (Lipinski definition) is 0. The molecule has 0 aliphatic rings. The fourth-order valence-corrected chi connectivity index (χ4v) is 1.58. The van der Waals surface area contributed by atoms with E-state index in [1.807, 2.05) is 19.1 Å². The Labute approximate surface area is 87.6 Å². The quantitative estimate of drug-likeness (QED) is 0.706. The van der Waals surface area contributed by atoms with Crippen LogP contribution in [-0.4, -0.2) is 12.9 Å². The Balaban J connectivity index is 2.74. The van der Waals surface area contributed by atoms with Crippen LogP contribution in [0.4, 0.5) is 0 Å². The highest BCUT2D eigenvalue weighted by atomic mass is 16.5. The SMILES string of the molecule is COc1cc(C)cc2oc(C(C)=O)cc12. The van der Waals surface area contributed by atoms with Crippen molar-refractivity contribution >= 4 is 16.8 Å². The maximum atomic E-state index is 11.2. The van der Waals surface area contributed by atoms with E-state index in [1.54, 1.807) is 13.2 Å². The van der Waals surface area contributed by atoms with Crippen molar-refractivity contribution in [2.75, 3.05) is 7.11 Å². The minimum atomic E-state index is -0.0779. The second kappa shape index (κ2) is 3.42. The Hall–Kier alpha value is -1.77. The maximum absolute atomic E-state index is 11.2. The standard InChI is InChI=1S/C12H12O3/c1-7-4-11(14-3)9-6-10(8(2)13)15-12(9)5-7/h4-6H,1-3H3. The van der Waals surface area contributed by atoms with Crippen molar-refractivity contribution in [2.45, 2.75) is 13.8 Å². The van der Waals surface area contributed by atoms with Gasteiger partial charge in [0.15, 0.2) is 11.5 Å². The van der Waals surface area contributed by atoms with Gasteiger partial charge in [-0.25, -0.2) is 0 Å². The van der Waals surface area contributed by atoms with Gasteiger partial charge in [-0.3, -0.25) is 4.79 Å². The number of methoxy groups -OCH3 is 1. The summed E-state index contributed by atoms with van der Waals surface area (Å²) < 4.78 is 10.7. The third kappa shape index (κ3) is 1.61. The molecule has 3 heteroatoms. The zero-order chi connectivity index (χ0) is 11.0. The number of carbonyl (C=O) groups excluding carboxylic acids is 1. The number of fused-ring (bicyclic) bond motifs is 1. The molecule has 1 aromatic heterocycles. The van der Waals surface area contributed by atoms with Crippen molar-refractivity contribution in [3.05, 3.63) is 29.5 Å². The number of ketones is 1. The van der Waals surface area contributed by atoms with Crippen molar-refractivity contribution in [3.63, 3.8) is 0 Å². The lowest BCUT2D eigenvalue weighted by molar-refractivity contribution is 0.0989. The zero-order valence-corrected chi connectivity index (χ0v) is 8.96. The normalized spacial score (nSPS) is 10.6. The Bertz CT molecular complexity index is 523. The van der Waals surface area contributed by atoms with Gasteiger partial charge in [0.05, 0.1) is 12.5 Å². The second-order valence-corrected chi connectivity index (χ2v) is 3.55. The monoisotopic (exact) mass is 204 g/mol. The lowest BCUT2D eigenvalue weighted by atomic mass is 10.1. The molecule has 1 heterocycles. The number of rotatable bonds is 2. The average Bonchev–Trinajstić information content (AvgIpc) is 2.59. The molecule has 0 N–H and O–H groups in total. The molecular weight excluding hydrogens is 192 g/mol. The first-order valence-electron chi connectivity index (χ1n) is 4.71. The minimum Gasteiger partial charge on any atom is -0.496 e. The third-order valence-electron chi connectivity index (χ3n) is 2.31. The maximum Gasteiger partial charge on any atom is 0.194 e. The first-order chi connectivity index (χ1) is 7.11. The molecule has 0 unspecified atom stereocenters. The molecule has 2 aromatic rings. The van der Waals surface area contributed by atoms with Gasteiger partial charge in [0, 0.05) is 6.92 Å². The fraction of sp³-hybridized carbons (Fsp3) is 0.250. The lowest BCUT2D eigenvalue weighted by Gasteiger charge is -2.01. The van der Waals surface area contributed by atoms with Gasteiger partial charge in [0.1, 0.15) is 11.3 Å². The van der Waals surface area contributed by atoms with Crippen LogP contribution in [0.1, 0.15) is 23.0 Å². The van der Waals surface area contributed by atoms with E-state index in [0.29, 0.717) is 11.3 Å². The molecule has 15 heavy (non-hydrogen) atoms. The van der Waals surface area contributed by atoms with E-state index >= 15 is 0 Å². The van der Waals surface area contributed by atoms with E-state index in [2.05, 4.69) is 0 Å². The van der Waals surface area contributed by atoms with E-state index < -0.39 is 0 Å². The molecule has 0 spiro atoms. The number of hydrogen-bond acceptors (Lipinski definition) is 3. The molecular formula is C12H12O3. The molecule has 1 aromatic carbocycles. The van der Waals surface area contributed by atoms with Crippen molar-refractivity contribution in [1.29, 1.82) is 0 Å². The van der Waals surface area contributed by atoms with Gasteiger partial charge < -0.3 is 9.15 Å². The molecule has 0 amide bonds. The smallest absolute Gasteiger partial charge is 0.194 e. The molecule has 0 saturated carbocycles. The number of carbonyl (C=O) groups is 1. The summed E-state index contributed by atoms with van der Waals surface area (Å²) >= 11 is 0. The van der Waals surface area contributed by atoms with E-state index in [-0.39, 0.29) is 5.78 Å². The predicted octanol–water partition coefficient (Wildman–Crippen LogP) is 2.95. The summed E-state index contributed by atoms with van der Waals surface area (Å²) in [7, 11) is 1.61. The van der Waals surface area contributed by atoms with Crippen LogP contribution in [0.25, 0.3) is 11.0 Å². The highest BCUT2D eigenvalue weighted by Crippen LogP contribution is 2.30. The molecule has 2 rings (SSSR count). The highest BCUT2D eigenvalue weighted by molar-refractivity contribution is 5.97. The summed E-state index contributed by atoms with van der Waals surface area (Å²) in [5.41, 5.74) is 1.74. The molecule has 78 valence electrons. The summed E-state index contributed by atoms with van der Waals surface area (Å²) in [5.74, 6) is 1.03. The van der Waals surface area contributed by atoms with Crippen LogP contribution in [-0.2, 0) is 0 Å². The van der Waals surface area contributed by atoms with Crippen molar-refractivity contribution < 1.29 is 13.9 Å². The number of Topliss-reactive ketones (excluding diaryl/α,β-unsaturated/α-hetero) is 1. The second-order valence-electron chi connectivity index (χ2n) is 3.55. The number of ether oxygens (including phenoxy) is 1. The first kappa shape index (κ1) is 9.77. The highest BCUT2D eigenvalue weighted by Gasteiger charge is 2.11.